The maximum atomic E-state index is 13.1. The minimum absolute atomic E-state index is 0.317. The number of carbonyl (C=O) groups is 1. The smallest absolute Gasteiger partial charge is 0.312 e. The molecule has 6 heteroatoms. The van der Waals surface area contributed by atoms with Gasteiger partial charge in [0.05, 0.1) is 5.69 Å². The molecule has 0 fully saturated rings. The van der Waals surface area contributed by atoms with Crippen LogP contribution in [0.3, 0.4) is 0 Å². The van der Waals surface area contributed by atoms with Crippen LogP contribution in [0.25, 0.3) is 10.6 Å². The SMILES string of the molecule is O=C(O)C1CCc2sc(-c3ccc(F)cc3Br)nc21. The number of rotatable bonds is 2. The summed E-state index contributed by atoms with van der Waals surface area (Å²) in [6.07, 6.45) is 1.37. The van der Waals surface area contributed by atoms with Crippen molar-refractivity contribution in [1.82, 2.24) is 4.98 Å². The van der Waals surface area contributed by atoms with E-state index < -0.39 is 11.9 Å². The highest BCUT2D eigenvalue weighted by Gasteiger charge is 2.32. The first kappa shape index (κ1) is 12.7. The van der Waals surface area contributed by atoms with Gasteiger partial charge < -0.3 is 5.11 Å². The van der Waals surface area contributed by atoms with E-state index in [9.17, 15) is 9.18 Å². The second kappa shape index (κ2) is 4.68. The number of hydrogen-bond acceptors (Lipinski definition) is 3. The predicted octanol–water partition coefficient (Wildman–Crippen LogP) is 3.83. The standard InChI is InChI=1S/C13H9BrFNO2S/c14-9-5-6(15)1-2-7(9)12-16-11-8(13(17)18)3-4-10(11)19-12/h1-2,5,8H,3-4H2,(H,17,18). The van der Waals surface area contributed by atoms with Gasteiger partial charge >= 0.3 is 5.97 Å². The minimum Gasteiger partial charge on any atom is -0.481 e. The van der Waals surface area contributed by atoms with Gasteiger partial charge in [0.2, 0.25) is 0 Å². The van der Waals surface area contributed by atoms with E-state index in [0.29, 0.717) is 16.6 Å². The number of hydrogen-bond donors (Lipinski definition) is 1. The molecule has 98 valence electrons. The Kier molecular flexibility index (Phi) is 3.14. The van der Waals surface area contributed by atoms with Gasteiger partial charge in [0, 0.05) is 14.9 Å². The second-order valence-corrected chi connectivity index (χ2v) is 6.32. The Hall–Kier alpha value is -1.27. The first-order valence-corrected chi connectivity index (χ1v) is 7.35. The summed E-state index contributed by atoms with van der Waals surface area (Å²) in [5.41, 5.74) is 1.47. The zero-order chi connectivity index (χ0) is 13.6. The van der Waals surface area contributed by atoms with E-state index in [2.05, 4.69) is 20.9 Å². The number of fused-ring (bicyclic) bond motifs is 1. The summed E-state index contributed by atoms with van der Waals surface area (Å²) in [5.74, 6) is -1.64. The number of aryl methyl sites for hydroxylation is 1. The highest BCUT2D eigenvalue weighted by Crippen LogP contribution is 2.41. The maximum Gasteiger partial charge on any atom is 0.312 e. The van der Waals surface area contributed by atoms with Crippen LogP contribution in [0.5, 0.6) is 0 Å². The van der Waals surface area contributed by atoms with Crippen molar-refractivity contribution in [2.24, 2.45) is 0 Å². The van der Waals surface area contributed by atoms with E-state index in [1.54, 1.807) is 6.07 Å². The summed E-state index contributed by atoms with van der Waals surface area (Å²) in [4.78, 5) is 16.6. The third kappa shape index (κ3) is 2.19. The zero-order valence-electron chi connectivity index (χ0n) is 9.69. The molecule has 19 heavy (non-hydrogen) atoms. The molecule has 0 aliphatic heterocycles. The van der Waals surface area contributed by atoms with Crippen LogP contribution >= 0.6 is 27.3 Å². The molecule has 3 nitrogen and oxygen atoms in total. The van der Waals surface area contributed by atoms with E-state index in [1.807, 2.05) is 0 Å². The van der Waals surface area contributed by atoms with Crippen LogP contribution in [0.2, 0.25) is 0 Å². The molecule has 1 unspecified atom stereocenters. The Morgan fingerprint density at radius 1 is 1.53 bits per heavy atom. The van der Waals surface area contributed by atoms with Crippen LogP contribution in [0.4, 0.5) is 4.39 Å². The molecule has 1 aromatic carbocycles. The highest BCUT2D eigenvalue weighted by molar-refractivity contribution is 9.10. The average molecular weight is 342 g/mol. The van der Waals surface area contributed by atoms with E-state index in [1.165, 1.54) is 23.5 Å². The number of carboxylic acids is 1. The lowest BCUT2D eigenvalue weighted by Crippen LogP contribution is -2.08. The topological polar surface area (TPSA) is 50.2 Å². The first-order valence-electron chi connectivity index (χ1n) is 5.74. The molecule has 0 spiro atoms. The van der Waals surface area contributed by atoms with Gasteiger partial charge in [0.1, 0.15) is 16.7 Å². The van der Waals surface area contributed by atoms with Crippen molar-refractivity contribution in [3.8, 4) is 10.6 Å². The largest absolute Gasteiger partial charge is 0.481 e. The molecule has 1 heterocycles. The van der Waals surface area contributed by atoms with Gasteiger partial charge in [-0.15, -0.1) is 11.3 Å². The van der Waals surface area contributed by atoms with Crippen LogP contribution < -0.4 is 0 Å². The van der Waals surface area contributed by atoms with Crippen molar-refractivity contribution in [3.05, 3.63) is 39.1 Å². The van der Waals surface area contributed by atoms with E-state index in [4.69, 9.17) is 5.11 Å². The molecule has 0 bridgehead atoms. The Labute approximate surface area is 121 Å². The van der Waals surface area contributed by atoms with Gasteiger partial charge in [0.25, 0.3) is 0 Å². The van der Waals surface area contributed by atoms with Crippen molar-refractivity contribution < 1.29 is 14.3 Å². The van der Waals surface area contributed by atoms with Crippen LogP contribution in [0, 0.1) is 5.82 Å². The summed E-state index contributed by atoms with van der Waals surface area (Å²) in [7, 11) is 0. The minimum atomic E-state index is -0.825. The monoisotopic (exact) mass is 341 g/mol. The average Bonchev–Trinajstić information content (AvgIpc) is 2.87. The first-order chi connectivity index (χ1) is 9.06. The van der Waals surface area contributed by atoms with Gasteiger partial charge in [0.15, 0.2) is 0 Å². The van der Waals surface area contributed by atoms with Crippen molar-refractivity contribution >= 4 is 33.2 Å². The molecule has 1 N–H and O–H groups in total. The number of halogens is 2. The number of aromatic nitrogens is 1. The fraction of sp³-hybridized carbons (Fsp3) is 0.231. The molecule has 2 aromatic rings. The molecule has 1 atom stereocenters. The van der Waals surface area contributed by atoms with Crippen molar-refractivity contribution in [2.45, 2.75) is 18.8 Å². The summed E-state index contributed by atoms with van der Waals surface area (Å²) in [5, 5.41) is 9.88. The lowest BCUT2D eigenvalue weighted by atomic mass is 10.1. The fourth-order valence-corrected chi connectivity index (χ4v) is 4.09. The summed E-state index contributed by atoms with van der Waals surface area (Å²) in [6.45, 7) is 0. The number of benzene rings is 1. The normalized spacial score (nSPS) is 17.5. The van der Waals surface area contributed by atoms with Crippen molar-refractivity contribution in [1.29, 1.82) is 0 Å². The Morgan fingerprint density at radius 3 is 3.00 bits per heavy atom. The van der Waals surface area contributed by atoms with Crippen LogP contribution in [0.1, 0.15) is 22.9 Å². The fourth-order valence-electron chi connectivity index (χ4n) is 2.25. The van der Waals surface area contributed by atoms with Gasteiger partial charge in [-0.05, 0) is 47.0 Å². The molecule has 1 aromatic heterocycles. The van der Waals surface area contributed by atoms with E-state index in [-0.39, 0.29) is 5.82 Å². The van der Waals surface area contributed by atoms with E-state index >= 15 is 0 Å². The Balaban J connectivity index is 2.04. The molecular formula is C13H9BrFNO2S. The summed E-state index contributed by atoms with van der Waals surface area (Å²) >= 11 is 4.80. The second-order valence-electron chi connectivity index (χ2n) is 4.38. The highest BCUT2D eigenvalue weighted by atomic mass is 79.9. The third-order valence-corrected chi connectivity index (χ3v) is 5.00. The molecule has 0 saturated heterocycles. The number of carboxylic acid groups (broad SMARTS) is 1. The van der Waals surface area contributed by atoms with Gasteiger partial charge in [-0.2, -0.15) is 0 Å². The Bertz CT molecular complexity index is 671. The number of thiazole rings is 1. The van der Waals surface area contributed by atoms with Crippen LogP contribution in [0.15, 0.2) is 22.7 Å². The van der Waals surface area contributed by atoms with Crippen LogP contribution in [-0.2, 0) is 11.2 Å². The quantitative estimate of drug-likeness (QED) is 0.903. The molecular weight excluding hydrogens is 333 g/mol. The maximum absolute atomic E-state index is 13.1. The molecule has 0 radical (unpaired) electrons. The summed E-state index contributed by atoms with van der Waals surface area (Å²) in [6, 6.07) is 4.42. The van der Waals surface area contributed by atoms with Gasteiger partial charge in [-0.1, -0.05) is 0 Å². The van der Waals surface area contributed by atoms with Gasteiger partial charge in [-0.25, -0.2) is 9.37 Å². The molecule has 0 saturated carbocycles. The molecule has 3 rings (SSSR count). The number of aliphatic carboxylic acids is 1. The predicted molar refractivity (Wildman–Crippen MR) is 73.9 cm³/mol. The molecule has 1 aliphatic carbocycles. The summed E-state index contributed by atoms with van der Waals surface area (Å²) < 4.78 is 13.7. The lowest BCUT2D eigenvalue weighted by Gasteiger charge is -2.03. The van der Waals surface area contributed by atoms with Gasteiger partial charge in [-0.3, -0.25) is 4.79 Å². The lowest BCUT2D eigenvalue weighted by molar-refractivity contribution is -0.138. The van der Waals surface area contributed by atoms with Crippen LogP contribution in [-0.4, -0.2) is 16.1 Å². The van der Waals surface area contributed by atoms with Crippen molar-refractivity contribution in [3.63, 3.8) is 0 Å². The zero-order valence-corrected chi connectivity index (χ0v) is 12.1. The molecule has 1 aliphatic rings. The van der Waals surface area contributed by atoms with Crippen molar-refractivity contribution in [2.75, 3.05) is 0 Å². The molecule has 0 amide bonds. The number of nitrogens with zero attached hydrogens (tertiary/aromatic N) is 1. The Morgan fingerprint density at radius 2 is 2.32 bits per heavy atom. The third-order valence-electron chi connectivity index (χ3n) is 3.18. The van der Waals surface area contributed by atoms with E-state index in [0.717, 1.165) is 21.9 Å².